The molecule has 0 saturated carbocycles. The van der Waals surface area contributed by atoms with Gasteiger partial charge in [0.1, 0.15) is 0 Å². The van der Waals surface area contributed by atoms with Gasteiger partial charge < -0.3 is 5.32 Å². The molecule has 0 heterocycles. The lowest BCUT2D eigenvalue weighted by Gasteiger charge is -1.96. The fourth-order valence-corrected chi connectivity index (χ4v) is 0.708. The third-order valence-electron chi connectivity index (χ3n) is 0.608. The van der Waals surface area contributed by atoms with Crippen LogP contribution in [0.1, 0.15) is 20.8 Å². The number of thiocarbonyl (C=S) groups is 1. The van der Waals surface area contributed by atoms with E-state index in [1.807, 2.05) is 13.8 Å². The second-order valence-electron chi connectivity index (χ2n) is 2.05. The Morgan fingerprint density at radius 2 is 1.90 bits per heavy atom. The molecule has 0 radical (unpaired) electrons. The predicted molar refractivity (Wildman–Crippen MR) is 45.2 cm³/mol. The molecule has 0 saturated heterocycles. The molecule has 0 spiro atoms. The molecule has 0 rings (SSSR count). The molecule has 0 atom stereocenters. The lowest BCUT2D eigenvalue weighted by atomic mass is 10.5. The molecular formula is C6H10N2OS. The molecule has 4 heteroatoms. The fourth-order valence-electron chi connectivity index (χ4n) is 0.382. The van der Waals surface area contributed by atoms with Crippen LogP contribution < -0.4 is 5.32 Å². The Kier molecular flexibility index (Phi) is 3.79. The molecule has 0 aromatic carbocycles. The van der Waals surface area contributed by atoms with Crippen LogP contribution in [-0.2, 0) is 4.79 Å². The standard InChI is InChI=1S/C6H10N2OS/c1-4(2)7-6(10)8-5(3)9/h1-3H3,(H,8,9,10). The van der Waals surface area contributed by atoms with Crippen LogP contribution in [-0.4, -0.2) is 16.7 Å². The van der Waals surface area contributed by atoms with E-state index < -0.39 is 0 Å². The van der Waals surface area contributed by atoms with Gasteiger partial charge in [-0.1, -0.05) is 0 Å². The third-order valence-corrected chi connectivity index (χ3v) is 0.801. The van der Waals surface area contributed by atoms with Crippen molar-refractivity contribution in [1.29, 1.82) is 0 Å². The number of rotatable bonds is 0. The van der Waals surface area contributed by atoms with E-state index in [0.717, 1.165) is 5.71 Å². The topological polar surface area (TPSA) is 41.5 Å². The first-order valence-electron chi connectivity index (χ1n) is 2.86. The van der Waals surface area contributed by atoms with Gasteiger partial charge in [-0.25, -0.2) is 4.99 Å². The molecule has 0 aliphatic rings. The molecule has 0 aromatic heterocycles. The van der Waals surface area contributed by atoms with Crippen molar-refractivity contribution in [3.63, 3.8) is 0 Å². The molecule has 0 unspecified atom stereocenters. The number of aliphatic imine (C=N–C) groups is 1. The summed E-state index contributed by atoms with van der Waals surface area (Å²) < 4.78 is 0. The first-order chi connectivity index (χ1) is 4.52. The van der Waals surface area contributed by atoms with Gasteiger partial charge in [0.05, 0.1) is 0 Å². The summed E-state index contributed by atoms with van der Waals surface area (Å²) in [6.45, 7) is 5.02. The van der Waals surface area contributed by atoms with Crippen molar-refractivity contribution in [2.24, 2.45) is 4.99 Å². The van der Waals surface area contributed by atoms with Crippen molar-refractivity contribution < 1.29 is 4.79 Å². The molecule has 0 fully saturated rings. The molecule has 10 heavy (non-hydrogen) atoms. The second kappa shape index (κ2) is 4.11. The quantitative estimate of drug-likeness (QED) is 0.420. The Bertz CT molecular complexity index is 182. The molecule has 1 N–H and O–H groups in total. The minimum absolute atomic E-state index is 0.185. The van der Waals surface area contributed by atoms with Gasteiger partial charge in [-0.3, -0.25) is 4.79 Å². The number of carbonyl (C=O) groups excluding carboxylic acids is 1. The summed E-state index contributed by atoms with van der Waals surface area (Å²) in [6, 6.07) is 0. The van der Waals surface area contributed by atoms with Gasteiger partial charge >= 0.3 is 0 Å². The highest BCUT2D eigenvalue weighted by molar-refractivity contribution is 7.80. The summed E-state index contributed by atoms with van der Waals surface area (Å²) in [7, 11) is 0. The largest absolute Gasteiger partial charge is 0.302 e. The summed E-state index contributed by atoms with van der Waals surface area (Å²) in [5, 5.41) is 2.61. The van der Waals surface area contributed by atoms with Crippen molar-refractivity contribution >= 4 is 28.9 Å². The molecule has 1 amide bonds. The van der Waals surface area contributed by atoms with Crippen molar-refractivity contribution in [1.82, 2.24) is 5.32 Å². The number of nitrogens with zero attached hydrogens (tertiary/aromatic N) is 1. The summed E-state index contributed by atoms with van der Waals surface area (Å²) in [4.78, 5) is 14.2. The average Bonchev–Trinajstić information content (AvgIpc) is 1.58. The van der Waals surface area contributed by atoms with E-state index in [2.05, 4.69) is 22.5 Å². The van der Waals surface area contributed by atoms with E-state index in [9.17, 15) is 4.79 Å². The van der Waals surface area contributed by atoms with Gasteiger partial charge in [-0.2, -0.15) is 0 Å². The summed E-state index contributed by atoms with van der Waals surface area (Å²) in [5.41, 5.74) is 0.832. The highest BCUT2D eigenvalue weighted by atomic mass is 32.1. The Morgan fingerprint density at radius 1 is 1.40 bits per heavy atom. The van der Waals surface area contributed by atoms with Gasteiger partial charge in [0.25, 0.3) is 0 Å². The van der Waals surface area contributed by atoms with Crippen molar-refractivity contribution in [2.75, 3.05) is 0 Å². The zero-order valence-electron chi connectivity index (χ0n) is 6.26. The zero-order valence-corrected chi connectivity index (χ0v) is 7.08. The lowest BCUT2D eigenvalue weighted by Crippen LogP contribution is -2.25. The maximum atomic E-state index is 10.4. The van der Waals surface area contributed by atoms with Crippen LogP contribution in [0.4, 0.5) is 0 Å². The molecule has 0 aliphatic heterocycles. The van der Waals surface area contributed by atoms with Gasteiger partial charge in [0.15, 0.2) is 5.11 Å². The summed E-state index contributed by atoms with van der Waals surface area (Å²) in [6.07, 6.45) is 0. The van der Waals surface area contributed by atoms with E-state index in [1.165, 1.54) is 6.92 Å². The van der Waals surface area contributed by atoms with E-state index in [-0.39, 0.29) is 11.0 Å². The lowest BCUT2D eigenvalue weighted by molar-refractivity contribution is -0.117. The van der Waals surface area contributed by atoms with Crippen molar-refractivity contribution in [3.8, 4) is 0 Å². The van der Waals surface area contributed by atoms with E-state index in [4.69, 9.17) is 0 Å². The van der Waals surface area contributed by atoms with Gasteiger partial charge in [0.2, 0.25) is 5.91 Å². The highest BCUT2D eigenvalue weighted by Crippen LogP contribution is 1.78. The van der Waals surface area contributed by atoms with Crippen LogP contribution in [0.5, 0.6) is 0 Å². The summed E-state index contributed by atoms with van der Waals surface area (Å²) >= 11 is 4.69. The molecule has 0 bridgehead atoms. The zero-order chi connectivity index (χ0) is 8.15. The van der Waals surface area contributed by atoms with Crippen molar-refractivity contribution in [3.05, 3.63) is 0 Å². The van der Waals surface area contributed by atoms with Gasteiger partial charge in [-0.15, -0.1) is 0 Å². The predicted octanol–water partition coefficient (Wildman–Crippen LogP) is 0.888. The molecular weight excluding hydrogens is 148 g/mol. The minimum atomic E-state index is -0.185. The van der Waals surface area contributed by atoms with Crippen LogP contribution in [0.3, 0.4) is 0 Å². The average molecular weight is 158 g/mol. The number of hydrogen-bond donors (Lipinski definition) is 1. The Balaban J connectivity index is 3.88. The van der Waals surface area contributed by atoms with Gasteiger partial charge in [-0.05, 0) is 26.1 Å². The number of amides is 1. The molecule has 0 aromatic rings. The van der Waals surface area contributed by atoms with Crippen LogP contribution in [0.15, 0.2) is 4.99 Å². The number of nitrogens with one attached hydrogen (secondary N) is 1. The Labute approximate surface area is 65.5 Å². The Hall–Kier alpha value is -0.770. The molecule has 0 aliphatic carbocycles. The SMILES string of the molecule is CC(=O)NC(=S)N=C(C)C. The number of hydrogen-bond acceptors (Lipinski definition) is 2. The maximum absolute atomic E-state index is 10.4. The minimum Gasteiger partial charge on any atom is -0.302 e. The van der Waals surface area contributed by atoms with Crippen LogP contribution in [0.25, 0.3) is 0 Å². The molecule has 56 valence electrons. The van der Waals surface area contributed by atoms with E-state index in [1.54, 1.807) is 0 Å². The third kappa shape index (κ3) is 5.37. The maximum Gasteiger partial charge on any atom is 0.223 e. The van der Waals surface area contributed by atoms with Crippen LogP contribution >= 0.6 is 12.2 Å². The molecule has 3 nitrogen and oxygen atoms in total. The number of carbonyl (C=O) groups is 1. The van der Waals surface area contributed by atoms with E-state index in [0.29, 0.717) is 0 Å². The first-order valence-corrected chi connectivity index (χ1v) is 3.26. The van der Waals surface area contributed by atoms with E-state index >= 15 is 0 Å². The monoisotopic (exact) mass is 158 g/mol. The summed E-state index contributed by atoms with van der Waals surface area (Å²) in [5.74, 6) is -0.185. The normalized spacial score (nSPS) is 8.30. The fraction of sp³-hybridized carbons (Fsp3) is 0.500. The van der Waals surface area contributed by atoms with Crippen LogP contribution in [0, 0.1) is 0 Å². The van der Waals surface area contributed by atoms with Crippen molar-refractivity contribution in [2.45, 2.75) is 20.8 Å². The van der Waals surface area contributed by atoms with Gasteiger partial charge in [0, 0.05) is 12.6 Å². The first kappa shape index (κ1) is 9.23. The Morgan fingerprint density at radius 3 is 2.20 bits per heavy atom. The smallest absolute Gasteiger partial charge is 0.223 e. The van der Waals surface area contributed by atoms with Crippen LogP contribution in [0.2, 0.25) is 0 Å². The highest BCUT2D eigenvalue weighted by Gasteiger charge is 1.93. The second-order valence-corrected chi connectivity index (χ2v) is 2.43.